The minimum Gasteiger partial charge on any atom is -0.395 e. The van der Waals surface area contributed by atoms with E-state index >= 15 is 0 Å². The first-order valence-corrected chi connectivity index (χ1v) is 12.7. The molecule has 1 heterocycles. The highest BCUT2D eigenvalue weighted by atomic mass is 35.5. The minimum atomic E-state index is -3.21. The molecule has 1 fully saturated rings. The fraction of sp³-hybridized carbons (Fsp3) is 0.409. The number of rotatable bonds is 10. The Hall–Kier alpha value is -2.69. The van der Waals surface area contributed by atoms with Crippen LogP contribution in [-0.4, -0.2) is 54.1 Å². The van der Waals surface area contributed by atoms with Crippen molar-refractivity contribution in [1.82, 2.24) is 15.2 Å². The van der Waals surface area contributed by atoms with Gasteiger partial charge in [-0.2, -0.15) is 0 Å². The molecule has 1 aliphatic carbocycles. The third-order valence-electron chi connectivity index (χ3n) is 5.80. The normalized spacial score (nSPS) is 14.5. The molecule has 33 heavy (non-hydrogen) atoms. The zero-order chi connectivity index (χ0) is 24.2. The smallest absolute Gasteiger partial charge is 0.268 e. The molecule has 9 nitrogen and oxygen atoms in total. The molecule has 2 amide bonds. The number of aliphatic hydroxyl groups excluding tert-OH is 1. The monoisotopic (exact) mass is 495 g/mol. The number of aromatic nitrogens is 1. The van der Waals surface area contributed by atoms with E-state index in [2.05, 4.69) is 10.6 Å². The molecule has 178 valence electrons. The Morgan fingerprint density at radius 2 is 1.76 bits per heavy atom. The average molecular weight is 496 g/mol. The molecule has 3 N–H and O–H groups in total. The molecule has 2 aromatic rings. The quantitative estimate of drug-likeness (QED) is 0.452. The molecule has 0 aliphatic heterocycles. The Morgan fingerprint density at radius 3 is 2.33 bits per heavy atom. The summed E-state index contributed by atoms with van der Waals surface area (Å²) in [7, 11) is -3.21. The molecule has 0 atom stereocenters. The second kappa shape index (κ2) is 10.1. The summed E-state index contributed by atoms with van der Waals surface area (Å²) in [6.45, 7) is -0.275. The van der Waals surface area contributed by atoms with Gasteiger partial charge in [0.25, 0.3) is 17.4 Å². The van der Waals surface area contributed by atoms with Crippen LogP contribution in [0.5, 0.6) is 0 Å². The number of hydrogen-bond donors (Lipinski definition) is 3. The zero-order valence-electron chi connectivity index (χ0n) is 18.1. The van der Waals surface area contributed by atoms with Gasteiger partial charge in [0.2, 0.25) is 0 Å². The van der Waals surface area contributed by atoms with Crippen LogP contribution in [0.2, 0.25) is 5.02 Å². The molecule has 1 aromatic heterocycles. The van der Waals surface area contributed by atoms with Gasteiger partial charge in [0.05, 0.1) is 11.4 Å². The van der Waals surface area contributed by atoms with Crippen LogP contribution in [0.4, 0.5) is 0 Å². The van der Waals surface area contributed by atoms with E-state index in [0.29, 0.717) is 17.9 Å². The SMILES string of the molecule is CS(=O)(=O)C1(CCNC(=O)c2ccc(C(=O)NCc3ccc(Cl)cc3)c(=O)n2CCO)CC1. The number of pyridine rings is 1. The van der Waals surface area contributed by atoms with Crippen LogP contribution in [0, 0.1) is 0 Å². The van der Waals surface area contributed by atoms with Gasteiger partial charge < -0.3 is 20.3 Å². The zero-order valence-corrected chi connectivity index (χ0v) is 19.7. The molecular formula is C22H26ClN3O6S. The van der Waals surface area contributed by atoms with Crippen molar-refractivity contribution in [3.8, 4) is 0 Å². The summed E-state index contributed by atoms with van der Waals surface area (Å²) >= 11 is 5.84. The maximum atomic E-state index is 12.9. The number of hydrogen-bond acceptors (Lipinski definition) is 6. The highest BCUT2D eigenvalue weighted by molar-refractivity contribution is 7.92. The third kappa shape index (κ3) is 5.82. The van der Waals surface area contributed by atoms with Gasteiger partial charge in [-0.25, -0.2) is 8.42 Å². The summed E-state index contributed by atoms with van der Waals surface area (Å²) in [5.74, 6) is -1.20. The van der Waals surface area contributed by atoms with Crippen molar-refractivity contribution in [3.05, 3.63) is 68.6 Å². The molecule has 0 radical (unpaired) electrons. The van der Waals surface area contributed by atoms with Gasteiger partial charge in [-0.1, -0.05) is 23.7 Å². The van der Waals surface area contributed by atoms with Gasteiger partial charge in [0, 0.05) is 30.9 Å². The summed E-state index contributed by atoms with van der Waals surface area (Å²) in [6, 6.07) is 9.47. The van der Waals surface area contributed by atoms with Gasteiger partial charge in [-0.05, 0) is 49.1 Å². The van der Waals surface area contributed by atoms with Crippen LogP contribution in [0.15, 0.2) is 41.2 Å². The van der Waals surface area contributed by atoms with Gasteiger partial charge in [0.15, 0.2) is 9.84 Å². The van der Waals surface area contributed by atoms with E-state index in [1.807, 2.05) is 0 Å². The Labute approximate surface area is 196 Å². The number of halogens is 1. The number of benzene rings is 1. The lowest BCUT2D eigenvalue weighted by molar-refractivity contribution is 0.0928. The van der Waals surface area contributed by atoms with Crippen LogP contribution < -0.4 is 16.2 Å². The molecule has 1 aromatic carbocycles. The first kappa shape index (κ1) is 24.9. The Kier molecular flexibility index (Phi) is 7.61. The molecule has 0 bridgehead atoms. The second-order valence-corrected chi connectivity index (χ2v) is 10.9. The number of nitrogens with one attached hydrogen (secondary N) is 2. The van der Waals surface area contributed by atoms with Crippen molar-refractivity contribution < 1.29 is 23.1 Å². The second-order valence-electron chi connectivity index (χ2n) is 8.08. The fourth-order valence-electron chi connectivity index (χ4n) is 3.59. The van der Waals surface area contributed by atoms with E-state index in [1.165, 1.54) is 18.4 Å². The Morgan fingerprint density at radius 1 is 1.09 bits per heavy atom. The number of carbonyl (C=O) groups is 2. The number of carbonyl (C=O) groups excluding carboxylic acids is 2. The van der Waals surface area contributed by atoms with Crippen molar-refractivity contribution in [2.45, 2.75) is 37.1 Å². The molecule has 3 rings (SSSR count). The van der Waals surface area contributed by atoms with Gasteiger partial charge >= 0.3 is 0 Å². The average Bonchev–Trinajstić information content (AvgIpc) is 3.56. The van der Waals surface area contributed by atoms with Crippen LogP contribution in [-0.2, 0) is 22.9 Å². The summed E-state index contributed by atoms with van der Waals surface area (Å²) in [5, 5.41) is 15.2. The standard InChI is InChI=1S/C22H26ClN3O6S/c1-33(31,32)22(8-9-22)10-11-24-20(29)18-7-6-17(21(30)26(18)12-13-27)19(28)25-14-15-2-4-16(23)5-3-15/h2-7,27H,8-14H2,1H3,(H,24,29)(H,25,28). The number of sulfone groups is 1. The lowest BCUT2D eigenvalue weighted by Gasteiger charge is -2.16. The highest BCUT2D eigenvalue weighted by Gasteiger charge is 2.51. The predicted molar refractivity (Wildman–Crippen MR) is 124 cm³/mol. The van der Waals surface area contributed by atoms with Gasteiger partial charge in [-0.15, -0.1) is 0 Å². The Bertz CT molecular complexity index is 1200. The maximum Gasteiger partial charge on any atom is 0.268 e. The topological polar surface area (TPSA) is 135 Å². The van der Waals surface area contributed by atoms with Crippen molar-refractivity contribution in [2.75, 3.05) is 19.4 Å². The molecule has 0 unspecified atom stereocenters. The summed E-state index contributed by atoms with van der Waals surface area (Å²) in [6.07, 6.45) is 2.61. The van der Waals surface area contributed by atoms with E-state index < -0.39 is 38.6 Å². The van der Waals surface area contributed by atoms with E-state index in [9.17, 15) is 27.9 Å². The van der Waals surface area contributed by atoms with Crippen LogP contribution in [0.25, 0.3) is 0 Å². The van der Waals surface area contributed by atoms with E-state index in [1.54, 1.807) is 24.3 Å². The summed E-state index contributed by atoms with van der Waals surface area (Å²) in [4.78, 5) is 38.1. The minimum absolute atomic E-state index is 0.0208. The first-order valence-electron chi connectivity index (χ1n) is 10.4. The molecule has 0 spiro atoms. The molecular weight excluding hydrogens is 470 g/mol. The predicted octanol–water partition coefficient (Wildman–Crippen LogP) is 1.12. The van der Waals surface area contributed by atoms with Crippen molar-refractivity contribution in [2.24, 2.45) is 0 Å². The fourth-order valence-corrected chi connectivity index (χ4v) is 5.03. The van der Waals surface area contributed by atoms with Crippen molar-refractivity contribution >= 4 is 33.3 Å². The molecule has 11 heteroatoms. The largest absolute Gasteiger partial charge is 0.395 e. The van der Waals surface area contributed by atoms with Crippen molar-refractivity contribution in [1.29, 1.82) is 0 Å². The lowest BCUT2D eigenvalue weighted by Crippen LogP contribution is -2.38. The van der Waals surface area contributed by atoms with Crippen LogP contribution in [0.3, 0.4) is 0 Å². The lowest BCUT2D eigenvalue weighted by atomic mass is 10.2. The Balaban J connectivity index is 1.70. The highest BCUT2D eigenvalue weighted by Crippen LogP contribution is 2.45. The molecule has 0 saturated heterocycles. The first-order chi connectivity index (χ1) is 15.6. The third-order valence-corrected chi connectivity index (χ3v) is 8.24. The maximum absolute atomic E-state index is 12.9. The van der Waals surface area contributed by atoms with Crippen molar-refractivity contribution in [3.63, 3.8) is 0 Å². The molecule has 1 saturated carbocycles. The number of amides is 2. The van der Waals surface area contributed by atoms with Gasteiger partial charge in [0.1, 0.15) is 11.3 Å². The number of nitrogens with zero attached hydrogens (tertiary/aromatic N) is 1. The summed E-state index contributed by atoms with van der Waals surface area (Å²) < 4.78 is 24.0. The van der Waals surface area contributed by atoms with E-state index in [-0.39, 0.29) is 37.3 Å². The van der Waals surface area contributed by atoms with Gasteiger partial charge in [-0.3, -0.25) is 14.4 Å². The van der Waals surface area contributed by atoms with Crippen LogP contribution in [0.1, 0.15) is 45.7 Å². The van der Waals surface area contributed by atoms with E-state index in [4.69, 9.17) is 11.6 Å². The summed E-state index contributed by atoms with van der Waals surface area (Å²) in [5.41, 5.74) is -0.0995. The number of aliphatic hydroxyl groups is 1. The molecule has 1 aliphatic rings. The van der Waals surface area contributed by atoms with E-state index in [0.717, 1.165) is 10.1 Å². The van der Waals surface area contributed by atoms with Crippen LogP contribution >= 0.6 is 11.6 Å².